The van der Waals surface area contributed by atoms with Crippen molar-refractivity contribution in [1.82, 2.24) is 0 Å². The number of carbonyl (C=O) groups excluding carboxylic acids is 1. The summed E-state index contributed by atoms with van der Waals surface area (Å²) in [4.78, 5) is 12.9. The van der Waals surface area contributed by atoms with Crippen LogP contribution in [0.1, 0.15) is 58.9 Å². The van der Waals surface area contributed by atoms with Crippen LogP contribution in [0.15, 0.2) is 66.4 Å². The van der Waals surface area contributed by atoms with Gasteiger partial charge in [-0.05, 0) is 53.7 Å². The minimum absolute atomic E-state index is 0.0857. The number of fused-ring (bicyclic) bond motifs is 1. The van der Waals surface area contributed by atoms with Crippen LogP contribution in [0.3, 0.4) is 0 Å². The Kier molecular flexibility index (Phi) is 5.45. The summed E-state index contributed by atoms with van der Waals surface area (Å²) in [6.07, 6.45) is 1.81. The average molecular weight is 413 g/mol. The first-order valence-corrected chi connectivity index (χ1v) is 10.6. The first-order valence-electron chi connectivity index (χ1n) is 10.6. The molecule has 0 aliphatic carbocycles. The minimum atomic E-state index is -0.0857. The van der Waals surface area contributed by atoms with E-state index in [2.05, 4.69) is 64.1 Å². The standard InChI is InChI=1S/C28H28O3/c1-18-6-8-21(9-7-18)17-30-23-14-19(2)26-24(16-23)31-25(27(26)29)15-20-10-12-22(13-11-20)28(3,4)5/h6-16H,17H2,1-5H3/b25-15-. The van der Waals surface area contributed by atoms with Crippen molar-refractivity contribution in [2.45, 2.75) is 46.6 Å². The molecule has 4 rings (SSSR count). The smallest absolute Gasteiger partial charge is 0.232 e. The molecule has 3 aromatic carbocycles. The zero-order chi connectivity index (χ0) is 22.2. The third-order valence-corrected chi connectivity index (χ3v) is 5.54. The van der Waals surface area contributed by atoms with Crippen molar-refractivity contribution in [2.75, 3.05) is 0 Å². The Labute approximate surface area is 184 Å². The Morgan fingerprint density at radius 3 is 2.26 bits per heavy atom. The number of rotatable bonds is 4. The summed E-state index contributed by atoms with van der Waals surface area (Å²) in [5.74, 6) is 1.51. The lowest BCUT2D eigenvalue weighted by molar-refractivity contribution is 0.101. The predicted octanol–water partition coefficient (Wildman–Crippen LogP) is 6.80. The van der Waals surface area contributed by atoms with Crippen molar-refractivity contribution in [3.05, 3.63) is 99.8 Å². The molecule has 158 valence electrons. The molecule has 3 heteroatoms. The molecule has 0 spiro atoms. The number of ketones is 1. The second kappa shape index (κ2) is 8.07. The molecule has 31 heavy (non-hydrogen) atoms. The van der Waals surface area contributed by atoms with Crippen LogP contribution in [0.5, 0.6) is 11.5 Å². The zero-order valence-electron chi connectivity index (χ0n) is 18.8. The monoisotopic (exact) mass is 412 g/mol. The van der Waals surface area contributed by atoms with Crippen molar-refractivity contribution in [1.29, 1.82) is 0 Å². The van der Waals surface area contributed by atoms with Crippen LogP contribution in [-0.2, 0) is 12.0 Å². The van der Waals surface area contributed by atoms with Crippen molar-refractivity contribution in [3.8, 4) is 11.5 Å². The summed E-state index contributed by atoms with van der Waals surface area (Å²) in [5, 5.41) is 0. The Morgan fingerprint density at radius 1 is 0.935 bits per heavy atom. The van der Waals surface area contributed by atoms with E-state index in [0.717, 1.165) is 16.7 Å². The first-order chi connectivity index (χ1) is 14.7. The lowest BCUT2D eigenvalue weighted by atomic mass is 9.86. The van der Waals surface area contributed by atoms with E-state index in [1.54, 1.807) is 12.1 Å². The van der Waals surface area contributed by atoms with Gasteiger partial charge in [-0.2, -0.15) is 0 Å². The molecule has 0 atom stereocenters. The quantitative estimate of drug-likeness (QED) is 0.442. The fourth-order valence-corrected chi connectivity index (χ4v) is 3.64. The van der Waals surface area contributed by atoms with Crippen LogP contribution in [-0.4, -0.2) is 5.78 Å². The van der Waals surface area contributed by atoms with E-state index < -0.39 is 0 Å². The van der Waals surface area contributed by atoms with Gasteiger partial charge in [-0.3, -0.25) is 4.79 Å². The maximum absolute atomic E-state index is 12.9. The number of ether oxygens (including phenoxy) is 2. The molecule has 0 radical (unpaired) electrons. The summed E-state index contributed by atoms with van der Waals surface area (Å²) in [6, 6.07) is 20.2. The molecule has 3 aromatic rings. The number of allylic oxidation sites excluding steroid dienone is 1. The molecule has 1 aliphatic rings. The molecular weight excluding hydrogens is 384 g/mol. The Balaban J connectivity index is 1.53. The zero-order valence-corrected chi connectivity index (χ0v) is 18.8. The van der Waals surface area contributed by atoms with Gasteiger partial charge in [0, 0.05) is 6.07 Å². The van der Waals surface area contributed by atoms with Crippen molar-refractivity contribution >= 4 is 11.9 Å². The fourth-order valence-electron chi connectivity index (χ4n) is 3.64. The predicted molar refractivity (Wildman–Crippen MR) is 125 cm³/mol. The number of hydrogen-bond acceptors (Lipinski definition) is 3. The maximum Gasteiger partial charge on any atom is 0.232 e. The Bertz CT molecular complexity index is 1140. The molecule has 0 bridgehead atoms. The van der Waals surface area contributed by atoms with Gasteiger partial charge in [0.25, 0.3) is 0 Å². The third kappa shape index (κ3) is 4.56. The molecule has 0 fully saturated rings. The Hall–Kier alpha value is -3.33. The highest BCUT2D eigenvalue weighted by atomic mass is 16.5. The summed E-state index contributed by atoms with van der Waals surface area (Å²) < 4.78 is 11.9. The lowest BCUT2D eigenvalue weighted by Gasteiger charge is -2.18. The number of benzene rings is 3. The van der Waals surface area contributed by atoms with Gasteiger partial charge in [-0.15, -0.1) is 0 Å². The normalized spacial score (nSPS) is 14.5. The van der Waals surface area contributed by atoms with E-state index in [9.17, 15) is 4.79 Å². The van der Waals surface area contributed by atoms with Gasteiger partial charge in [-0.1, -0.05) is 74.9 Å². The van der Waals surface area contributed by atoms with E-state index in [1.807, 2.05) is 25.1 Å². The number of Topliss-reactive ketones (excluding diaryl/α,β-unsaturated/α-hetero) is 1. The third-order valence-electron chi connectivity index (χ3n) is 5.54. The van der Waals surface area contributed by atoms with Gasteiger partial charge in [0.1, 0.15) is 18.1 Å². The average Bonchev–Trinajstić information content (AvgIpc) is 3.03. The number of aryl methyl sites for hydroxylation is 2. The summed E-state index contributed by atoms with van der Waals surface area (Å²) >= 11 is 0. The van der Waals surface area contributed by atoms with Crippen LogP contribution in [0.2, 0.25) is 0 Å². The molecule has 1 aliphatic heterocycles. The van der Waals surface area contributed by atoms with Crippen molar-refractivity contribution in [3.63, 3.8) is 0 Å². The van der Waals surface area contributed by atoms with Crippen LogP contribution in [0.25, 0.3) is 6.08 Å². The first kappa shape index (κ1) is 20.9. The largest absolute Gasteiger partial charge is 0.489 e. The van der Waals surface area contributed by atoms with Crippen molar-refractivity contribution in [2.24, 2.45) is 0 Å². The van der Waals surface area contributed by atoms with Crippen LogP contribution >= 0.6 is 0 Å². The van der Waals surface area contributed by atoms with E-state index in [-0.39, 0.29) is 11.2 Å². The van der Waals surface area contributed by atoms with Crippen molar-refractivity contribution < 1.29 is 14.3 Å². The molecule has 0 N–H and O–H groups in total. The van der Waals surface area contributed by atoms with Crippen LogP contribution < -0.4 is 9.47 Å². The van der Waals surface area contributed by atoms with E-state index >= 15 is 0 Å². The highest BCUT2D eigenvalue weighted by Gasteiger charge is 2.30. The summed E-state index contributed by atoms with van der Waals surface area (Å²) in [5.41, 5.74) is 6.07. The second-order valence-electron chi connectivity index (χ2n) is 9.20. The molecule has 1 heterocycles. The van der Waals surface area contributed by atoms with E-state index in [4.69, 9.17) is 9.47 Å². The summed E-state index contributed by atoms with van der Waals surface area (Å²) in [7, 11) is 0. The van der Waals surface area contributed by atoms with Crippen LogP contribution in [0, 0.1) is 13.8 Å². The molecule has 0 saturated heterocycles. The SMILES string of the molecule is Cc1ccc(COc2cc(C)c3c(c2)O/C(=C\c2ccc(C(C)(C)C)cc2)C3=O)cc1. The minimum Gasteiger partial charge on any atom is -0.489 e. The van der Waals surface area contributed by atoms with Gasteiger partial charge in [0.05, 0.1) is 5.56 Å². The molecule has 0 aromatic heterocycles. The molecular formula is C28H28O3. The maximum atomic E-state index is 12.9. The van der Waals surface area contributed by atoms with E-state index in [0.29, 0.717) is 29.4 Å². The van der Waals surface area contributed by atoms with Gasteiger partial charge in [0.15, 0.2) is 5.76 Å². The highest BCUT2D eigenvalue weighted by Crippen LogP contribution is 2.38. The van der Waals surface area contributed by atoms with Gasteiger partial charge >= 0.3 is 0 Å². The number of hydrogen-bond donors (Lipinski definition) is 0. The fraction of sp³-hybridized carbons (Fsp3) is 0.250. The molecule has 3 nitrogen and oxygen atoms in total. The number of carbonyl (C=O) groups is 1. The van der Waals surface area contributed by atoms with E-state index in [1.165, 1.54) is 11.1 Å². The van der Waals surface area contributed by atoms with Crippen LogP contribution in [0.4, 0.5) is 0 Å². The molecule has 0 unspecified atom stereocenters. The Morgan fingerprint density at radius 2 is 1.61 bits per heavy atom. The second-order valence-corrected chi connectivity index (χ2v) is 9.20. The van der Waals surface area contributed by atoms with Gasteiger partial charge in [0.2, 0.25) is 5.78 Å². The molecule has 0 saturated carbocycles. The summed E-state index contributed by atoms with van der Waals surface area (Å²) in [6.45, 7) is 11.0. The van der Waals surface area contributed by atoms with Gasteiger partial charge < -0.3 is 9.47 Å². The topological polar surface area (TPSA) is 35.5 Å². The van der Waals surface area contributed by atoms with Gasteiger partial charge in [-0.25, -0.2) is 0 Å². The lowest BCUT2D eigenvalue weighted by Crippen LogP contribution is -2.10. The highest BCUT2D eigenvalue weighted by molar-refractivity contribution is 6.15. The molecule has 0 amide bonds.